The van der Waals surface area contributed by atoms with Crippen LogP contribution in [0.5, 0.6) is 0 Å². The van der Waals surface area contributed by atoms with Crippen LogP contribution < -0.4 is 5.73 Å². The third-order valence-electron chi connectivity index (χ3n) is 1.66. The predicted molar refractivity (Wildman–Crippen MR) is 44.0 cm³/mol. The van der Waals surface area contributed by atoms with E-state index in [1.165, 1.54) is 13.8 Å². The molecule has 0 spiro atoms. The first-order valence-electron chi connectivity index (χ1n) is 4.11. The molecule has 0 aliphatic heterocycles. The number of alkyl halides is 2. The highest BCUT2D eigenvalue weighted by Gasteiger charge is 2.32. The number of ether oxygens (including phenoxy) is 1. The molecule has 0 aliphatic carbocycles. The van der Waals surface area contributed by atoms with Crippen LogP contribution in [0.15, 0.2) is 0 Å². The quantitative estimate of drug-likeness (QED) is 0.658. The average molecular weight is 181 g/mol. The van der Waals surface area contributed by atoms with Gasteiger partial charge >= 0.3 is 0 Å². The van der Waals surface area contributed by atoms with E-state index in [-0.39, 0.29) is 13.0 Å². The van der Waals surface area contributed by atoms with E-state index >= 15 is 0 Å². The molecule has 1 unspecified atom stereocenters. The minimum absolute atomic E-state index is 0.0167. The molecule has 12 heavy (non-hydrogen) atoms. The fourth-order valence-corrected chi connectivity index (χ4v) is 0.670. The smallest absolute Gasteiger partial charge is 0.252 e. The first-order chi connectivity index (χ1) is 5.36. The summed E-state index contributed by atoms with van der Waals surface area (Å²) in [5.74, 6) is -3.29. The summed E-state index contributed by atoms with van der Waals surface area (Å²) in [6.07, 6.45) is -0.723. The number of rotatable bonds is 5. The Balaban J connectivity index is 3.61. The fraction of sp³-hybridized carbons (Fsp3) is 1.00. The van der Waals surface area contributed by atoms with Crippen LogP contribution in [-0.4, -0.2) is 18.8 Å². The molecule has 0 fully saturated rings. The maximum absolute atomic E-state index is 12.9. The van der Waals surface area contributed by atoms with Gasteiger partial charge in [-0.3, -0.25) is 0 Å². The molecule has 0 aromatic heterocycles. The molecule has 0 aliphatic rings. The largest absolute Gasteiger partial charge is 0.364 e. The van der Waals surface area contributed by atoms with E-state index in [4.69, 9.17) is 10.5 Å². The monoisotopic (exact) mass is 181 g/mol. The molecule has 0 radical (unpaired) electrons. The first-order valence-corrected chi connectivity index (χ1v) is 4.11. The standard InChI is InChI=1S/C8H17F2NO/c1-6(2)8(9,10)4-5-12-7(3)11/h6-7H,4-5,11H2,1-3H3. The summed E-state index contributed by atoms with van der Waals surface area (Å²) in [5, 5.41) is 0. The Hall–Kier alpha value is -0.220. The third kappa shape index (κ3) is 4.62. The summed E-state index contributed by atoms with van der Waals surface area (Å²) < 4.78 is 30.6. The molecular weight excluding hydrogens is 164 g/mol. The second-order valence-corrected chi connectivity index (χ2v) is 3.24. The van der Waals surface area contributed by atoms with Gasteiger partial charge in [-0.1, -0.05) is 13.8 Å². The van der Waals surface area contributed by atoms with Crippen LogP contribution in [0.25, 0.3) is 0 Å². The predicted octanol–water partition coefficient (Wildman–Crippen LogP) is 1.99. The van der Waals surface area contributed by atoms with Crippen molar-refractivity contribution in [1.29, 1.82) is 0 Å². The van der Waals surface area contributed by atoms with E-state index in [0.717, 1.165) is 0 Å². The van der Waals surface area contributed by atoms with Crippen LogP contribution in [0.4, 0.5) is 8.78 Å². The first kappa shape index (κ1) is 11.8. The Morgan fingerprint density at radius 3 is 2.17 bits per heavy atom. The van der Waals surface area contributed by atoms with Gasteiger partial charge in [0.05, 0.1) is 6.61 Å². The minimum atomic E-state index is -2.64. The lowest BCUT2D eigenvalue weighted by Gasteiger charge is -2.20. The molecule has 0 bridgehead atoms. The van der Waals surface area contributed by atoms with Gasteiger partial charge in [0.15, 0.2) is 0 Å². The van der Waals surface area contributed by atoms with Crippen molar-refractivity contribution in [3.63, 3.8) is 0 Å². The Kier molecular flexibility index (Phi) is 4.63. The molecule has 0 rings (SSSR count). The molecule has 0 aromatic rings. The van der Waals surface area contributed by atoms with Gasteiger partial charge in [0.25, 0.3) is 5.92 Å². The summed E-state index contributed by atoms with van der Waals surface area (Å²) in [4.78, 5) is 0. The topological polar surface area (TPSA) is 35.2 Å². The number of hydrogen-bond donors (Lipinski definition) is 1. The maximum atomic E-state index is 12.9. The Labute approximate surface area is 72.1 Å². The van der Waals surface area contributed by atoms with Gasteiger partial charge in [-0.15, -0.1) is 0 Å². The normalized spacial score (nSPS) is 15.2. The second kappa shape index (κ2) is 4.72. The summed E-state index contributed by atoms with van der Waals surface area (Å²) in [5.41, 5.74) is 5.23. The average Bonchev–Trinajstić information content (AvgIpc) is 1.85. The lowest BCUT2D eigenvalue weighted by atomic mass is 10.0. The molecule has 0 saturated heterocycles. The van der Waals surface area contributed by atoms with E-state index in [1.807, 2.05) is 0 Å². The highest BCUT2D eigenvalue weighted by molar-refractivity contribution is 4.69. The molecule has 0 heterocycles. The molecule has 0 saturated carbocycles. The molecule has 1 atom stereocenters. The lowest BCUT2D eigenvalue weighted by Crippen LogP contribution is -2.28. The Morgan fingerprint density at radius 2 is 1.83 bits per heavy atom. The molecule has 74 valence electrons. The minimum Gasteiger partial charge on any atom is -0.364 e. The van der Waals surface area contributed by atoms with Crippen molar-refractivity contribution in [2.75, 3.05) is 6.61 Å². The van der Waals surface area contributed by atoms with Crippen molar-refractivity contribution >= 4 is 0 Å². The molecule has 2 N–H and O–H groups in total. The van der Waals surface area contributed by atoms with E-state index in [9.17, 15) is 8.78 Å². The SMILES string of the molecule is CC(N)OCCC(F)(F)C(C)C. The van der Waals surface area contributed by atoms with Crippen LogP contribution in [0.2, 0.25) is 0 Å². The zero-order valence-electron chi connectivity index (χ0n) is 7.81. The lowest BCUT2D eigenvalue weighted by molar-refractivity contribution is -0.0769. The van der Waals surface area contributed by atoms with E-state index < -0.39 is 18.1 Å². The summed E-state index contributed by atoms with van der Waals surface area (Å²) in [7, 11) is 0. The number of halogens is 2. The van der Waals surface area contributed by atoms with Crippen molar-refractivity contribution in [1.82, 2.24) is 0 Å². The van der Waals surface area contributed by atoms with Gasteiger partial charge in [-0.05, 0) is 6.92 Å². The van der Waals surface area contributed by atoms with Gasteiger partial charge in [0, 0.05) is 12.3 Å². The molecule has 2 nitrogen and oxygen atoms in total. The van der Waals surface area contributed by atoms with Gasteiger partial charge in [-0.25, -0.2) is 8.78 Å². The van der Waals surface area contributed by atoms with Crippen molar-refractivity contribution in [3.8, 4) is 0 Å². The summed E-state index contributed by atoms with van der Waals surface area (Å²) in [6.45, 7) is 4.62. The van der Waals surface area contributed by atoms with Crippen LogP contribution in [0, 0.1) is 5.92 Å². The fourth-order valence-electron chi connectivity index (χ4n) is 0.670. The molecule has 4 heteroatoms. The maximum Gasteiger partial charge on any atom is 0.252 e. The zero-order valence-corrected chi connectivity index (χ0v) is 7.81. The third-order valence-corrected chi connectivity index (χ3v) is 1.66. The van der Waals surface area contributed by atoms with Crippen LogP contribution in [0.1, 0.15) is 27.2 Å². The van der Waals surface area contributed by atoms with Crippen molar-refractivity contribution in [3.05, 3.63) is 0 Å². The summed E-state index contributed by atoms with van der Waals surface area (Å²) in [6, 6.07) is 0. The van der Waals surface area contributed by atoms with Gasteiger partial charge in [-0.2, -0.15) is 0 Å². The van der Waals surface area contributed by atoms with Crippen LogP contribution >= 0.6 is 0 Å². The molecule has 0 aromatic carbocycles. The van der Waals surface area contributed by atoms with Crippen molar-refractivity contribution in [2.24, 2.45) is 11.7 Å². The number of hydrogen-bond acceptors (Lipinski definition) is 2. The molecular formula is C8H17F2NO. The van der Waals surface area contributed by atoms with Gasteiger partial charge < -0.3 is 10.5 Å². The zero-order chi connectivity index (χ0) is 9.78. The second-order valence-electron chi connectivity index (χ2n) is 3.24. The van der Waals surface area contributed by atoms with Crippen molar-refractivity contribution in [2.45, 2.75) is 39.3 Å². The highest BCUT2D eigenvalue weighted by Crippen LogP contribution is 2.27. The Bertz CT molecular complexity index is 126. The van der Waals surface area contributed by atoms with Crippen molar-refractivity contribution < 1.29 is 13.5 Å². The van der Waals surface area contributed by atoms with Crippen LogP contribution in [-0.2, 0) is 4.74 Å². The summed E-state index contributed by atoms with van der Waals surface area (Å²) >= 11 is 0. The van der Waals surface area contributed by atoms with E-state index in [1.54, 1.807) is 6.92 Å². The van der Waals surface area contributed by atoms with Crippen LogP contribution in [0.3, 0.4) is 0 Å². The Morgan fingerprint density at radius 1 is 1.33 bits per heavy atom. The van der Waals surface area contributed by atoms with Gasteiger partial charge in [0.1, 0.15) is 6.23 Å². The molecule has 0 amide bonds. The van der Waals surface area contributed by atoms with E-state index in [0.29, 0.717) is 0 Å². The van der Waals surface area contributed by atoms with E-state index in [2.05, 4.69) is 0 Å². The van der Waals surface area contributed by atoms with Gasteiger partial charge in [0.2, 0.25) is 0 Å². The number of nitrogens with two attached hydrogens (primary N) is 1. The highest BCUT2D eigenvalue weighted by atomic mass is 19.3.